The molecule has 2 aliphatic carbocycles. The van der Waals surface area contributed by atoms with Crippen LogP contribution in [-0.2, 0) is 9.59 Å². The zero-order valence-corrected chi connectivity index (χ0v) is 25.4. The van der Waals surface area contributed by atoms with Gasteiger partial charge in [0.25, 0.3) is 0 Å². The minimum Gasteiger partial charge on any atom is -0.285 e. The minimum absolute atomic E-state index is 0.0564. The molecule has 220 valence electrons. The fraction of sp³-hybridized carbons (Fsp3) is 0.0588. The average molecular weight is 659 g/mol. The second-order valence-electron chi connectivity index (χ2n) is 10.8. The van der Waals surface area contributed by atoms with Gasteiger partial charge in [0.15, 0.2) is 0 Å². The van der Waals surface area contributed by atoms with Crippen LogP contribution in [0.2, 0.25) is 0 Å². The number of carbonyl (C=O) groups is 4. The fourth-order valence-corrected chi connectivity index (χ4v) is 10.1. The van der Waals surface area contributed by atoms with Crippen LogP contribution in [0.15, 0.2) is 36.4 Å². The largest absolute Gasteiger partial charge is 0.285 e. The molecule has 2 aliphatic rings. The zero-order chi connectivity index (χ0) is 31.6. The minimum atomic E-state index is -1.07. The van der Waals surface area contributed by atoms with Gasteiger partial charge in [-0.05, 0) is 66.8 Å². The molecule has 45 heavy (non-hydrogen) atoms. The predicted molar refractivity (Wildman–Crippen MR) is 169 cm³/mol. The van der Waals surface area contributed by atoms with E-state index in [-0.39, 0.29) is 22.3 Å². The molecule has 0 radical (unpaired) electrons. The molecule has 0 aliphatic heterocycles. The van der Waals surface area contributed by atoms with Gasteiger partial charge >= 0.3 is 0 Å². The molecule has 0 atom stereocenters. The predicted octanol–water partition coefficient (Wildman–Crippen LogP) is 9.12. The van der Waals surface area contributed by atoms with E-state index in [0.29, 0.717) is 21.9 Å². The van der Waals surface area contributed by atoms with E-state index in [1.807, 2.05) is 26.0 Å². The van der Waals surface area contributed by atoms with Gasteiger partial charge in [-0.25, -0.2) is 17.6 Å². The summed E-state index contributed by atoms with van der Waals surface area (Å²) in [7, 11) is 0. The zero-order valence-electron chi connectivity index (χ0n) is 23.0. The fourth-order valence-electron chi connectivity index (χ4n) is 6.18. The summed E-state index contributed by atoms with van der Waals surface area (Å²) >= 11 is 4.31. The lowest BCUT2D eigenvalue weighted by atomic mass is 10.0. The maximum absolute atomic E-state index is 14.4. The maximum atomic E-state index is 14.4. The molecule has 3 heterocycles. The SMILES string of the molecule is Cc1c2cc(/C=C3\C(=O)C(=O)c4c(F)cc(F)cc43)sc2c(C)c2c1sc1cc(/C=C3\C(=O)C(=O)c4c(F)cc(F)cc43)sc12. The Kier molecular flexibility index (Phi) is 5.87. The van der Waals surface area contributed by atoms with E-state index < -0.39 is 57.5 Å². The van der Waals surface area contributed by atoms with Crippen molar-refractivity contribution in [2.75, 3.05) is 0 Å². The van der Waals surface area contributed by atoms with Crippen LogP contribution < -0.4 is 0 Å². The van der Waals surface area contributed by atoms with Crippen molar-refractivity contribution < 1.29 is 36.7 Å². The van der Waals surface area contributed by atoms with Crippen molar-refractivity contribution in [2.45, 2.75) is 13.8 Å². The highest BCUT2D eigenvalue weighted by molar-refractivity contribution is 7.33. The lowest BCUT2D eigenvalue weighted by molar-refractivity contribution is -0.110. The topological polar surface area (TPSA) is 68.3 Å². The van der Waals surface area contributed by atoms with Gasteiger partial charge < -0.3 is 0 Å². The smallest absolute Gasteiger partial charge is 0.237 e. The van der Waals surface area contributed by atoms with Crippen molar-refractivity contribution in [3.05, 3.63) is 103 Å². The van der Waals surface area contributed by atoms with Gasteiger partial charge in [-0.2, -0.15) is 0 Å². The molecule has 0 N–H and O–H groups in total. The molecular weight excluding hydrogens is 645 g/mol. The van der Waals surface area contributed by atoms with Crippen molar-refractivity contribution in [3.63, 3.8) is 0 Å². The first kappa shape index (κ1) is 27.9. The second kappa shape index (κ2) is 9.46. The third-order valence-corrected chi connectivity index (χ3v) is 11.9. The summed E-state index contributed by atoms with van der Waals surface area (Å²) in [6, 6.07) is 6.93. The van der Waals surface area contributed by atoms with E-state index in [0.717, 1.165) is 52.8 Å². The van der Waals surface area contributed by atoms with Crippen LogP contribution >= 0.6 is 34.0 Å². The first-order valence-electron chi connectivity index (χ1n) is 13.4. The first-order chi connectivity index (χ1) is 21.4. The van der Waals surface area contributed by atoms with Gasteiger partial charge in [0.2, 0.25) is 23.1 Å². The molecule has 6 aromatic rings. The third kappa shape index (κ3) is 3.87. The van der Waals surface area contributed by atoms with E-state index in [9.17, 15) is 36.7 Å². The Morgan fingerprint density at radius 1 is 0.556 bits per heavy atom. The van der Waals surface area contributed by atoms with Gasteiger partial charge in [-0.3, -0.25) is 19.2 Å². The summed E-state index contributed by atoms with van der Waals surface area (Å²) in [5, 5.41) is 1.93. The standard InChI is InChI=1S/C34H14F4O4S3/c1-11-17-7-15(8-20-18-3-13(35)5-22(37)26(18)30(41)28(20)39)43-32(17)12(2)25-33(11)45-24-10-16(44-34(24)25)9-21-19-4-14(36)6-23(38)27(19)31(42)29(21)40/h3-10H,1-2H3/b20-8-,21-9-. The number of aryl methyl sites for hydroxylation is 2. The molecule has 11 heteroatoms. The molecule has 0 unspecified atom stereocenters. The summed E-state index contributed by atoms with van der Waals surface area (Å²) < 4.78 is 60.5. The van der Waals surface area contributed by atoms with Gasteiger partial charge in [0.05, 0.1) is 15.8 Å². The number of Topliss-reactive ketones (excluding diaryl/α,β-unsaturated/α-hetero) is 4. The molecule has 0 saturated carbocycles. The van der Waals surface area contributed by atoms with Crippen molar-refractivity contribution in [3.8, 4) is 0 Å². The monoisotopic (exact) mass is 658 g/mol. The summed E-state index contributed by atoms with van der Waals surface area (Å²) in [6.45, 7) is 3.94. The molecule has 0 bridgehead atoms. The Hall–Kier alpha value is -4.58. The molecule has 0 fully saturated rings. The van der Waals surface area contributed by atoms with Crippen LogP contribution in [-0.4, -0.2) is 23.1 Å². The lowest BCUT2D eigenvalue weighted by Crippen LogP contribution is -2.07. The Labute approximate surface area is 262 Å². The molecule has 4 nitrogen and oxygen atoms in total. The molecule has 3 aromatic heterocycles. The number of hydrogen-bond donors (Lipinski definition) is 0. The average Bonchev–Trinajstić information content (AvgIpc) is 3.75. The van der Waals surface area contributed by atoms with Gasteiger partial charge in [0.1, 0.15) is 23.3 Å². The quantitative estimate of drug-likeness (QED) is 0.106. The Bertz CT molecular complexity index is 2530. The Morgan fingerprint density at radius 3 is 1.62 bits per heavy atom. The summed E-state index contributed by atoms with van der Waals surface area (Å²) in [6.07, 6.45) is 2.99. The van der Waals surface area contributed by atoms with Gasteiger partial charge in [-0.1, -0.05) is 0 Å². The molecule has 8 rings (SSSR count). The first-order valence-corrected chi connectivity index (χ1v) is 15.9. The number of hydrogen-bond acceptors (Lipinski definition) is 7. The van der Waals surface area contributed by atoms with Crippen LogP contribution in [0, 0.1) is 37.1 Å². The number of carbonyl (C=O) groups excluding carboxylic acids is 4. The molecular formula is C34H14F4O4S3. The van der Waals surface area contributed by atoms with Crippen molar-refractivity contribution in [1.82, 2.24) is 0 Å². The van der Waals surface area contributed by atoms with Crippen LogP contribution in [0.3, 0.4) is 0 Å². The number of thiophene rings is 3. The summed E-state index contributed by atoms with van der Waals surface area (Å²) in [5.41, 5.74) is 0.866. The van der Waals surface area contributed by atoms with E-state index >= 15 is 0 Å². The highest BCUT2D eigenvalue weighted by Crippen LogP contribution is 2.48. The molecule has 0 saturated heterocycles. The molecule has 0 amide bonds. The Morgan fingerprint density at radius 2 is 1.07 bits per heavy atom. The van der Waals surface area contributed by atoms with Gasteiger partial charge in [-0.15, -0.1) is 34.0 Å². The van der Waals surface area contributed by atoms with Crippen LogP contribution in [0.5, 0.6) is 0 Å². The highest BCUT2D eigenvalue weighted by atomic mass is 32.1. The normalized spacial score (nSPS) is 16.5. The number of benzene rings is 3. The van der Waals surface area contributed by atoms with Crippen molar-refractivity contribution in [2.24, 2.45) is 0 Å². The third-order valence-electron chi connectivity index (χ3n) is 8.21. The number of rotatable bonds is 2. The van der Waals surface area contributed by atoms with Crippen molar-refractivity contribution in [1.29, 1.82) is 0 Å². The number of allylic oxidation sites excluding steroid dienone is 2. The van der Waals surface area contributed by atoms with E-state index in [1.54, 1.807) is 11.3 Å². The molecule has 0 spiro atoms. The van der Waals surface area contributed by atoms with Crippen LogP contribution in [0.4, 0.5) is 17.6 Å². The highest BCUT2D eigenvalue weighted by Gasteiger charge is 2.38. The lowest BCUT2D eigenvalue weighted by Gasteiger charge is -2.04. The van der Waals surface area contributed by atoms with Crippen LogP contribution in [0.25, 0.3) is 52.9 Å². The number of fused-ring (bicyclic) bond motifs is 6. The number of halogens is 4. The molecule has 3 aromatic carbocycles. The maximum Gasteiger partial charge on any atom is 0.237 e. The summed E-state index contributed by atoms with van der Waals surface area (Å²) in [5.74, 6) is -7.69. The van der Waals surface area contributed by atoms with Gasteiger partial charge in [0, 0.05) is 63.6 Å². The van der Waals surface area contributed by atoms with E-state index in [1.165, 1.54) is 34.8 Å². The van der Waals surface area contributed by atoms with Crippen LogP contribution in [0.1, 0.15) is 52.7 Å². The van der Waals surface area contributed by atoms with E-state index in [2.05, 4.69) is 0 Å². The number of ketones is 4. The van der Waals surface area contributed by atoms with Crippen molar-refractivity contribution >= 4 is 110 Å². The Balaban J connectivity index is 1.27. The van der Waals surface area contributed by atoms with E-state index in [4.69, 9.17) is 0 Å². The second-order valence-corrected chi connectivity index (χ2v) is 14.1. The summed E-state index contributed by atoms with van der Waals surface area (Å²) in [4.78, 5) is 51.7.